The fraction of sp³-hybridized carbons (Fsp3) is 0.706. The first-order valence-electron chi connectivity index (χ1n) is 8.06. The molecule has 1 unspecified atom stereocenters. The SMILES string of the molecule is CC(C)(C)CC(CN)CN1CCN(c2ccccn2)CC1. The van der Waals surface area contributed by atoms with Gasteiger partial charge in [-0.3, -0.25) is 4.90 Å². The van der Waals surface area contributed by atoms with Gasteiger partial charge in [-0.15, -0.1) is 0 Å². The summed E-state index contributed by atoms with van der Waals surface area (Å²) >= 11 is 0. The lowest BCUT2D eigenvalue weighted by molar-refractivity contribution is 0.186. The molecule has 21 heavy (non-hydrogen) atoms. The number of piperazine rings is 1. The van der Waals surface area contributed by atoms with Crippen LogP contribution >= 0.6 is 0 Å². The molecule has 1 aromatic rings. The Bertz CT molecular complexity index is 405. The van der Waals surface area contributed by atoms with Crippen LogP contribution in [0, 0.1) is 11.3 Å². The molecule has 0 saturated carbocycles. The summed E-state index contributed by atoms with van der Waals surface area (Å²) in [6.45, 7) is 13.2. The average Bonchev–Trinajstić information content (AvgIpc) is 2.47. The second kappa shape index (κ2) is 7.23. The Hall–Kier alpha value is -1.13. The van der Waals surface area contributed by atoms with Crippen molar-refractivity contribution < 1.29 is 0 Å². The molecule has 0 aromatic carbocycles. The molecule has 0 bridgehead atoms. The third kappa shape index (κ3) is 5.29. The van der Waals surface area contributed by atoms with Gasteiger partial charge in [0.2, 0.25) is 0 Å². The quantitative estimate of drug-likeness (QED) is 0.903. The van der Waals surface area contributed by atoms with E-state index in [1.807, 2.05) is 12.3 Å². The number of hydrogen-bond donors (Lipinski definition) is 1. The summed E-state index contributed by atoms with van der Waals surface area (Å²) in [7, 11) is 0. The lowest BCUT2D eigenvalue weighted by atomic mass is 9.84. The fourth-order valence-electron chi connectivity index (χ4n) is 3.15. The van der Waals surface area contributed by atoms with Gasteiger partial charge in [0.15, 0.2) is 0 Å². The highest BCUT2D eigenvalue weighted by molar-refractivity contribution is 5.38. The largest absolute Gasteiger partial charge is 0.354 e. The summed E-state index contributed by atoms with van der Waals surface area (Å²) in [6.07, 6.45) is 3.07. The molecule has 0 aliphatic carbocycles. The third-order valence-corrected chi connectivity index (χ3v) is 4.10. The molecular weight excluding hydrogens is 260 g/mol. The standard InChI is InChI=1S/C17H30N4/c1-17(2,3)12-15(13-18)14-20-8-10-21(11-9-20)16-6-4-5-7-19-16/h4-7,15H,8-14,18H2,1-3H3. The lowest BCUT2D eigenvalue weighted by Gasteiger charge is -2.37. The Morgan fingerprint density at radius 2 is 1.90 bits per heavy atom. The van der Waals surface area contributed by atoms with Crippen LogP contribution in [0.25, 0.3) is 0 Å². The first-order valence-corrected chi connectivity index (χ1v) is 8.06. The summed E-state index contributed by atoms with van der Waals surface area (Å²) < 4.78 is 0. The van der Waals surface area contributed by atoms with Gasteiger partial charge in [0, 0.05) is 38.9 Å². The van der Waals surface area contributed by atoms with Crippen LogP contribution in [-0.4, -0.2) is 49.2 Å². The zero-order chi connectivity index (χ0) is 15.3. The molecule has 1 aliphatic heterocycles. The Morgan fingerprint density at radius 3 is 2.43 bits per heavy atom. The number of rotatable bonds is 5. The van der Waals surface area contributed by atoms with E-state index in [1.165, 1.54) is 6.42 Å². The van der Waals surface area contributed by atoms with Gasteiger partial charge in [0.25, 0.3) is 0 Å². The zero-order valence-electron chi connectivity index (χ0n) is 13.8. The zero-order valence-corrected chi connectivity index (χ0v) is 13.8. The van der Waals surface area contributed by atoms with E-state index in [2.05, 4.69) is 47.7 Å². The highest BCUT2D eigenvalue weighted by Gasteiger charge is 2.23. The minimum atomic E-state index is 0.361. The van der Waals surface area contributed by atoms with E-state index in [-0.39, 0.29) is 0 Å². The Balaban J connectivity index is 1.81. The van der Waals surface area contributed by atoms with Crippen LogP contribution in [0.1, 0.15) is 27.2 Å². The molecule has 1 aromatic heterocycles. The van der Waals surface area contributed by atoms with E-state index in [0.29, 0.717) is 11.3 Å². The lowest BCUT2D eigenvalue weighted by Crippen LogP contribution is -2.49. The molecule has 1 atom stereocenters. The van der Waals surface area contributed by atoms with Crippen LogP contribution in [0.2, 0.25) is 0 Å². The molecule has 1 saturated heterocycles. The van der Waals surface area contributed by atoms with E-state index in [1.54, 1.807) is 0 Å². The summed E-state index contributed by atoms with van der Waals surface area (Å²) in [5.74, 6) is 1.70. The first kappa shape index (κ1) is 16.2. The maximum Gasteiger partial charge on any atom is 0.128 e. The molecule has 1 fully saturated rings. The van der Waals surface area contributed by atoms with Gasteiger partial charge in [-0.25, -0.2) is 4.98 Å². The first-order chi connectivity index (χ1) is 9.98. The summed E-state index contributed by atoms with van der Waals surface area (Å²) in [5.41, 5.74) is 6.33. The van der Waals surface area contributed by atoms with Crippen molar-refractivity contribution in [3.63, 3.8) is 0 Å². The summed E-state index contributed by atoms with van der Waals surface area (Å²) in [6, 6.07) is 6.12. The van der Waals surface area contributed by atoms with Crippen molar-refractivity contribution >= 4 is 5.82 Å². The molecule has 2 N–H and O–H groups in total. The molecular formula is C17H30N4. The molecule has 2 heterocycles. The molecule has 4 heteroatoms. The predicted molar refractivity (Wildman–Crippen MR) is 89.5 cm³/mol. The van der Waals surface area contributed by atoms with Crippen molar-refractivity contribution in [1.29, 1.82) is 0 Å². The van der Waals surface area contributed by atoms with Crippen LogP contribution in [0.5, 0.6) is 0 Å². The van der Waals surface area contributed by atoms with Gasteiger partial charge in [0.05, 0.1) is 0 Å². The van der Waals surface area contributed by atoms with E-state index in [9.17, 15) is 0 Å². The number of pyridine rings is 1. The minimum absolute atomic E-state index is 0.361. The molecule has 4 nitrogen and oxygen atoms in total. The van der Waals surface area contributed by atoms with Crippen molar-refractivity contribution in [3.8, 4) is 0 Å². The molecule has 2 rings (SSSR count). The topological polar surface area (TPSA) is 45.4 Å². The van der Waals surface area contributed by atoms with E-state index in [0.717, 1.165) is 45.1 Å². The second-order valence-corrected chi connectivity index (χ2v) is 7.34. The van der Waals surface area contributed by atoms with Crippen LogP contribution in [0.4, 0.5) is 5.82 Å². The smallest absolute Gasteiger partial charge is 0.128 e. The number of nitrogens with zero attached hydrogens (tertiary/aromatic N) is 3. The van der Waals surface area contributed by atoms with Crippen LogP contribution in [0.3, 0.4) is 0 Å². The van der Waals surface area contributed by atoms with Crippen molar-refractivity contribution in [2.75, 3.05) is 44.2 Å². The van der Waals surface area contributed by atoms with Gasteiger partial charge in [-0.05, 0) is 36.4 Å². The van der Waals surface area contributed by atoms with Gasteiger partial charge < -0.3 is 10.6 Å². The van der Waals surface area contributed by atoms with Crippen molar-refractivity contribution in [2.45, 2.75) is 27.2 Å². The maximum atomic E-state index is 5.97. The van der Waals surface area contributed by atoms with E-state index >= 15 is 0 Å². The number of anilines is 1. The van der Waals surface area contributed by atoms with Gasteiger partial charge in [-0.2, -0.15) is 0 Å². The van der Waals surface area contributed by atoms with Crippen molar-refractivity contribution in [2.24, 2.45) is 17.1 Å². The molecule has 0 radical (unpaired) electrons. The van der Waals surface area contributed by atoms with Crippen molar-refractivity contribution in [3.05, 3.63) is 24.4 Å². The Labute approximate surface area is 129 Å². The average molecular weight is 290 g/mol. The molecule has 1 aliphatic rings. The van der Waals surface area contributed by atoms with Gasteiger partial charge in [-0.1, -0.05) is 26.8 Å². The third-order valence-electron chi connectivity index (χ3n) is 4.10. The highest BCUT2D eigenvalue weighted by Crippen LogP contribution is 2.25. The van der Waals surface area contributed by atoms with Gasteiger partial charge >= 0.3 is 0 Å². The van der Waals surface area contributed by atoms with E-state index in [4.69, 9.17) is 5.73 Å². The number of aromatic nitrogens is 1. The summed E-state index contributed by atoms with van der Waals surface area (Å²) in [5, 5.41) is 0. The summed E-state index contributed by atoms with van der Waals surface area (Å²) in [4.78, 5) is 9.37. The number of hydrogen-bond acceptors (Lipinski definition) is 4. The Morgan fingerprint density at radius 1 is 1.19 bits per heavy atom. The number of nitrogens with two attached hydrogens (primary N) is 1. The fourth-order valence-corrected chi connectivity index (χ4v) is 3.15. The highest BCUT2D eigenvalue weighted by atomic mass is 15.3. The monoisotopic (exact) mass is 290 g/mol. The predicted octanol–water partition coefficient (Wildman–Crippen LogP) is 2.21. The van der Waals surface area contributed by atoms with Crippen LogP contribution in [-0.2, 0) is 0 Å². The second-order valence-electron chi connectivity index (χ2n) is 7.34. The van der Waals surface area contributed by atoms with E-state index < -0.39 is 0 Å². The maximum absolute atomic E-state index is 5.97. The normalized spacial score (nSPS) is 18.8. The molecule has 0 spiro atoms. The minimum Gasteiger partial charge on any atom is -0.354 e. The van der Waals surface area contributed by atoms with Crippen molar-refractivity contribution in [1.82, 2.24) is 9.88 Å². The Kier molecular flexibility index (Phi) is 5.59. The van der Waals surface area contributed by atoms with Gasteiger partial charge in [0.1, 0.15) is 5.82 Å². The van der Waals surface area contributed by atoms with Crippen LogP contribution in [0.15, 0.2) is 24.4 Å². The molecule has 118 valence electrons. The molecule has 0 amide bonds. The van der Waals surface area contributed by atoms with Crippen LogP contribution < -0.4 is 10.6 Å².